The lowest BCUT2D eigenvalue weighted by molar-refractivity contribution is -0.134. The molecule has 3 fully saturated rings. The van der Waals surface area contributed by atoms with E-state index in [0.29, 0.717) is 77.8 Å². The predicted octanol–water partition coefficient (Wildman–Crippen LogP) is 5.68. The highest BCUT2D eigenvalue weighted by molar-refractivity contribution is 6.33. The van der Waals surface area contributed by atoms with Crippen LogP contribution in [0.15, 0.2) is 47.4 Å². The number of nitrogens with one attached hydrogen (secondary N) is 4. The molecule has 5 aromatic rings. The monoisotopic (exact) mass is 786 g/mol. The third kappa shape index (κ3) is 6.42. The lowest BCUT2D eigenvalue weighted by Crippen LogP contribution is -2.46. The molecule has 4 aliphatic rings. The highest BCUT2D eigenvalue weighted by Gasteiger charge is 2.51. The van der Waals surface area contributed by atoms with Gasteiger partial charge in [-0.15, -0.1) is 0 Å². The summed E-state index contributed by atoms with van der Waals surface area (Å²) in [5, 5.41) is 18.9. The number of alkyl halides is 2. The smallest absolute Gasteiger partial charge is 0.301 e. The van der Waals surface area contributed by atoms with E-state index in [4.69, 9.17) is 21.3 Å². The van der Waals surface area contributed by atoms with Gasteiger partial charge in [-0.2, -0.15) is 10.1 Å². The van der Waals surface area contributed by atoms with Gasteiger partial charge in [-0.05, 0) is 73.9 Å². The molecule has 9 rings (SSSR count). The van der Waals surface area contributed by atoms with Gasteiger partial charge in [0.2, 0.25) is 23.5 Å². The van der Waals surface area contributed by atoms with E-state index in [1.165, 1.54) is 4.57 Å². The molecule has 3 aromatic heterocycles. The highest BCUT2D eigenvalue weighted by atomic mass is 35.5. The van der Waals surface area contributed by atoms with Crippen LogP contribution in [0.3, 0.4) is 0 Å². The second-order valence-corrected chi connectivity index (χ2v) is 15.9. The molecule has 6 heterocycles. The summed E-state index contributed by atoms with van der Waals surface area (Å²) in [5.74, 6) is -3.36. The number of anilines is 5. The van der Waals surface area contributed by atoms with Crippen molar-refractivity contribution in [1.29, 1.82) is 0 Å². The number of carbonyl (C=O) groups is 2. The van der Waals surface area contributed by atoms with Gasteiger partial charge >= 0.3 is 5.92 Å². The average molecular weight is 787 g/mol. The normalized spacial score (nSPS) is 23.6. The van der Waals surface area contributed by atoms with Crippen LogP contribution < -0.4 is 36.5 Å². The Kier molecular flexibility index (Phi) is 8.78. The van der Waals surface area contributed by atoms with Crippen LogP contribution in [-0.2, 0) is 23.7 Å². The Morgan fingerprint density at radius 1 is 1.00 bits per heavy atom. The number of aryl methyl sites for hydroxylation is 2. The van der Waals surface area contributed by atoms with Crippen LogP contribution >= 0.6 is 11.6 Å². The standard InChI is InChI=1S/C39H41ClF2N10O4/c1-19-17-52(13-12-27(19)44-22-6-8-23-29(15-22)51(3)49-31(23)24-9-11-30(53)46-36(24)54)38-43-16-26(40)35(48-38)45-21-7-10-28-25(14-21)32-33(37(55)50(28)2)56-18-39(41,42)34(47-32)20-4-5-20/h6-8,10,14-16,19-20,24,27,34,44,47H,4-5,9,11-13,17-18H2,1-3H3,(H,43,45,48)(H,46,53,54)/t19-,24?,27-,34+/m1/s1. The van der Waals surface area contributed by atoms with Crippen molar-refractivity contribution in [2.45, 2.75) is 63.0 Å². The van der Waals surface area contributed by atoms with Crippen molar-refractivity contribution in [2.75, 3.05) is 40.5 Å². The maximum absolute atomic E-state index is 15.1. The molecule has 2 amide bonds. The third-order valence-corrected chi connectivity index (χ3v) is 11.9. The zero-order valence-electron chi connectivity index (χ0n) is 31.0. The number of hydrogen-bond donors (Lipinski definition) is 4. The number of amides is 2. The van der Waals surface area contributed by atoms with Crippen molar-refractivity contribution in [3.05, 3.63) is 63.7 Å². The first-order valence-corrected chi connectivity index (χ1v) is 19.3. The van der Waals surface area contributed by atoms with E-state index in [-0.39, 0.29) is 41.1 Å². The van der Waals surface area contributed by atoms with Crippen LogP contribution in [0.4, 0.5) is 37.6 Å². The molecule has 3 aliphatic heterocycles. The number of imide groups is 1. The molecule has 0 spiro atoms. The van der Waals surface area contributed by atoms with Crippen molar-refractivity contribution in [1.82, 2.24) is 29.6 Å². The third-order valence-electron chi connectivity index (χ3n) is 11.6. The number of piperidine rings is 2. The summed E-state index contributed by atoms with van der Waals surface area (Å²) in [6.45, 7) is 2.68. The Labute approximate surface area is 324 Å². The van der Waals surface area contributed by atoms with Crippen molar-refractivity contribution in [3.8, 4) is 5.75 Å². The topological polar surface area (TPSA) is 160 Å². The first-order valence-electron chi connectivity index (χ1n) is 18.9. The molecule has 0 bridgehead atoms. The van der Waals surface area contributed by atoms with E-state index in [9.17, 15) is 14.4 Å². The fraction of sp³-hybridized carbons (Fsp3) is 0.436. The Morgan fingerprint density at radius 2 is 1.80 bits per heavy atom. The molecule has 2 saturated heterocycles. The molecule has 4 N–H and O–H groups in total. The number of carbonyl (C=O) groups excluding carboxylic acids is 2. The van der Waals surface area contributed by atoms with Crippen molar-refractivity contribution in [3.63, 3.8) is 0 Å². The van der Waals surface area contributed by atoms with Gasteiger partial charge in [-0.3, -0.25) is 24.4 Å². The van der Waals surface area contributed by atoms with Crippen molar-refractivity contribution < 1.29 is 23.1 Å². The number of benzene rings is 2. The maximum atomic E-state index is 15.1. The van der Waals surface area contributed by atoms with Crippen molar-refractivity contribution in [2.24, 2.45) is 25.9 Å². The van der Waals surface area contributed by atoms with Gasteiger partial charge in [0.15, 0.2) is 12.4 Å². The summed E-state index contributed by atoms with van der Waals surface area (Å²) < 4.78 is 39.0. The summed E-state index contributed by atoms with van der Waals surface area (Å²) >= 11 is 6.62. The van der Waals surface area contributed by atoms with E-state index in [1.807, 2.05) is 25.2 Å². The van der Waals surface area contributed by atoms with E-state index in [1.54, 1.807) is 36.1 Å². The molecular weight excluding hydrogens is 746 g/mol. The van der Waals surface area contributed by atoms with Crippen LogP contribution in [0.1, 0.15) is 50.6 Å². The van der Waals surface area contributed by atoms with Gasteiger partial charge in [-0.1, -0.05) is 18.5 Å². The first-order chi connectivity index (χ1) is 26.8. The summed E-state index contributed by atoms with van der Waals surface area (Å²) in [4.78, 5) is 49.0. The zero-order chi connectivity index (χ0) is 39.0. The average Bonchev–Trinajstić information content (AvgIpc) is 3.97. The van der Waals surface area contributed by atoms with Gasteiger partial charge in [0, 0.05) is 61.8 Å². The highest BCUT2D eigenvalue weighted by Crippen LogP contribution is 2.46. The van der Waals surface area contributed by atoms with E-state index in [0.717, 1.165) is 23.0 Å². The van der Waals surface area contributed by atoms with Crippen LogP contribution in [0.25, 0.3) is 21.8 Å². The summed E-state index contributed by atoms with van der Waals surface area (Å²) in [7, 11) is 3.45. The minimum absolute atomic E-state index is 0.120. The molecule has 1 aliphatic carbocycles. The number of halogens is 3. The number of ether oxygens (including phenoxy) is 1. The largest absolute Gasteiger partial charge is 0.480 e. The Hall–Kier alpha value is -5.51. The maximum Gasteiger partial charge on any atom is 0.301 e. The minimum Gasteiger partial charge on any atom is -0.480 e. The van der Waals surface area contributed by atoms with Crippen LogP contribution in [0, 0.1) is 11.8 Å². The van der Waals surface area contributed by atoms with E-state index < -0.39 is 30.0 Å². The second-order valence-electron chi connectivity index (χ2n) is 15.5. The molecule has 0 radical (unpaired) electrons. The fourth-order valence-electron chi connectivity index (χ4n) is 8.36. The number of pyridine rings is 1. The Bertz CT molecular complexity index is 2490. The fourth-order valence-corrected chi connectivity index (χ4v) is 8.50. The number of fused-ring (bicyclic) bond motifs is 4. The second kappa shape index (κ2) is 13.6. The molecular formula is C39H41ClF2N10O4. The molecule has 1 saturated carbocycles. The Balaban J connectivity index is 0.913. The van der Waals surface area contributed by atoms with Gasteiger partial charge < -0.3 is 30.2 Å². The predicted molar refractivity (Wildman–Crippen MR) is 209 cm³/mol. The van der Waals surface area contributed by atoms with Gasteiger partial charge in [-0.25, -0.2) is 13.8 Å². The van der Waals surface area contributed by atoms with E-state index >= 15 is 8.78 Å². The number of nitrogens with zero attached hydrogens (tertiary/aromatic N) is 6. The van der Waals surface area contributed by atoms with Crippen LogP contribution in [0.5, 0.6) is 5.75 Å². The van der Waals surface area contributed by atoms with E-state index in [2.05, 4.69) is 43.2 Å². The SMILES string of the molecule is C[C@@H]1CN(c2ncc(Cl)c(Nc3ccc4c(c3)c3c(c(=O)n4C)OCC(F)(F)[C@H](C4CC4)N3)n2)CC[C@H]1Nc1ccc2c(C3CCC(=O)NC3=O)nn(C)c2c1. The molecule has 17 heteroatoms. The molecule has 14 nitrogen and oxygen atoms in total. The first kappa shape index (κ1) is 36.1. The molecule has 4 atom stereocenters. The number of rotatable bonds is 7. The molecule has 2 aromatic carbocycles. The lowest BCUT2D eigenvalue weighted by Gasteiger charge is -2.37. The summed E-state index contributed by atoms with van der Waals surface area (Å²) in [6.07, 6.45) is 4.49. The minimum atomic E-state index is -3.14. The van der Waals surface area contributed by atoms with Gasteiger partial charge in [0.1, 0.15) is 5.02 Å². The molecule has 1 unspecified atom stereocenters. The summed E-state index contributed by atoms with van der Waals surface area (Å²) in [6, 6.07) is 10.4. The van der Waals surface area contributed by atoms with Gasteiger partial charge in [0.25, 0.3) is 5.56 Å². The Morgan fingerprint density at radius 3 is 2.57 bits per heavy atom. The number of aromatic nitrogens is 5. The lowest BCUT2D eigenvalue weighted by atomic mass is 9.92. The number of hydrogen-bond acceptors (Lipinski definition) is 11. The van der Waals surface area contributed by atoms with Crippen LogP contribution in [-0.4, -0.2) is 73.8 Å². The molecule has 56 heavy (non-hydrogen) atoms. The quantitative estimate of drug-likeness (QED) is 0.151. The van der Waals surface area contributed by atoms with Crippen molar-refractivity contribution >= 4 is 74.0 Å². The van der Waals surface area contributed by atoms with Gasteiger partial charge in [0.05, 0.1) is 40.6 Å². The molecule has 292 valence electrons. The zero-order valence-corrected chi connectivity index (χ0v) is 31.8. The summed E-state index contributed by atoms with van der Waals surface area (Å²) in [5.41, 5.74) is 3.46. The van der Waals surface area contributed by atoms with Crippen LogP contribution in [0.2, 0.25) is 5.02 Å².